The molecule has 0 spiro atoms. The molecule has 1 aromatic carbocycles. The van der Waals surface area contributed by atoms with E-state index in [2.05, 4.69) is 15.9 Å². The molecular weight excluding hydrogens is 314 g/mol. The van der Waals surface area contributed by atoms with Gasteiger partial charge in [0.2, 0.25) is 0 Å². The molecule has 0 saturated carbocycles. The summed E-state index contributed by atoms with van der Waals surface area (Å²) in [5.74, 6) is 0.0798. The number of nitrogens with two attached hydrogens (primary N) is 1. The minimum Gasteiger partial charge on any atom is -0.459 e. The van der Waals surface area contributed by atoms with Crippen molar-refractivity contribution >= 4 is 33.7 Å². The van der Waals surface area contributed by atoms with E-state index in [1.807, 2.05) is 39.0 Å². The van der Waals surface area contributed by atoms with Crippen LogP contribution in [-0.2, 0) is 16.1 Å². The van der Waals surface area contributed by atoms with Crippen LogP contribution in [0, 0.1) is 0 Å². The lowest BCUT2D eigenvalue weighted by Gasteiger charge is -2.19. The van der Waals surface area contributed by atoms with Gasteiger partial charge in [0.25, 0.3) is 0 Å². The zero-order chi connectivity index (χ0) is 13.8. The van der Waals surface area contributed by atoms with Crippen LogP contribution < -0.4 is 5.73 Å². The van der Waals surface area contributed by atoms with E-state index in [0.29, 0.717) is 12.3 Å². The van der Waals surface area contributed by atoms with Crippen molar-refractivity contribution in [2.24, 2.45) is 5.73 Å². The summed E-state index contributed by atoms with van der Waals surface area (Å²) < 4.78 is 6.24. The predicted molar refractivity (Wildman–Crippen MR) is 78.6 cm³/mol. The first-order chi connectivity index (χ1) is 8.31. The number of carbonyl (C=O) groups excluding carboxylic acids is 1. The van der Waals surface area contributed by atoms with Gasteiger partial charge in [0.05, 0.1) is 5.75 Å². The molecule has 0 aliphatic heterocycles. The van der Waals surface area contributed by atoms with Gasteiger partial charge in [0.1, 0.15) is 5.60 Å². The first-order valence-corrected chi connectivity index (χ1v) is 7.43. The van der Waals surface area contributed by atoms with E-state index in [4.69, 9.17) is 10.5 Å². The number of hydrogen-bond acceptors (Lipinski definition) is 4. The number of hydrogen-bond donors (Lipinski definition) is 1. The fraction of sp³-hybridized carbons (Fsp3) is 0.462. The van der Waals surface area contributed by atoms with E-state index in [-0.39, 0.29) is 5.97 Å². The summed E-state index contributed by atoms with van der Waals surface area (Å²) in [7, 11) is 0. The van der Waals surface area contributed by atoms with Crippen LogP contribution in [0.25, 0.3) is 0 Å². The Morgan fingerprint density at radius 1 is 1.44 bits per heavy atom. The SMILES string of the molecule is CC(C)(C)OC(=O)CSc1cc(Br)ccc1CN. The molecule has 0 unspecified atom stereocenters. The molecule has 1 rings (SSSR count). The Morgan fingerprint density at radius 2 is 2.11 bits per heavy atom. The lowest BCUT2D eigenvalue weighted by Crippen LogP contribution is -2.24. The second-order valence-corrected chi connectivity index (χ2v) is 6.76. The Kier molecular flexibility index (Phi) is 5.69. The zero-order valence-corrected chi connectivity index (χ0v) is 13.2. The van der Waals surface area contributed by atoms with E-state index in [1.165, 1.54) is 11.8 Å². The number of halogens is 1. The normalized spacial score (nSPS) is 11.4. The number of rotatable bonds is 4. The molecule has 3 nitrogen and oxygen atoms in total. The molecule has 5 heteroatoms. The van der Waals surface area contributed by atoms with Gasteiger partial charge in [-0.1, -0.05) is 22.0 Å². The van der Waals surface area contributed by atoms with Gasteiger partial charge >= 0.3 is 5.97 Å². The summed E-state index contributed by atoms with van der Waals surface area (Å²) >= 11 is 4.86. The summed E-state index contributed by atoms with van der Waals surface area (Å²) in [6.07, 6.45) is 0. The fourth-order valence-corrected chi connectivity index (χ4v) is 2.73. The molecule has 2 N–H and O–H groups in total. The Labute approximate surface area is 121 Å². The van der Waals surface area contributed by atoms with Gasteiger partial charge < -0.3 is 10.5 Å². The second kappa shape index (κ2) is 6.59. The van der Waals surface area contributed by atoms with Gasteiger partial charge in [-0.05, 0) is 38.5 Å². The first-order valence-electron chi connectivity index (χ1n) is 5.65. The highest BCUT2D eigenvalue weighted by Crippen LogP contribution is 2.26. The van der Waals surface area contributed by atoms with Crippen molar-refractivity contribution in [2.75, 3.05) is 5.75 Å². The van der Waals surface area contributed by atoms with Gasteiger partial charge in [-0.15, -0.1) is 11.8 Å². The molecule has 0 aliphatic carbocycles. The number of thioether (sulfide) groups is 1. The van der Waals surface area contributed by atoms with E-state index in [1.54, 1.807) is 0 Å². The molecule has 100 valence electrons. The molecule has 0 saturated heterocycles. The lowest BCUT2D eigenvalue weighted by molar-refractivity contribution is -0.151. The lowest BCUT2D eigenvalue weighted by atomic mass is 10.2. The summed E-state index contributed by atoms with van der Waals surface area (Å²) in [5, 5.41) is 0. The van der Waals surface area contributed by atoms with Crippen molar-refractivity contribution in [3.8, 4) is 0 Å². The Bertz CT molecular complexity index is 429. The van der Waals surface area contributed by atoms with Gasteiger partial charge in [-0.25, -0.2) is 0 Å². The predicted octanol–water partition coefficient (Wildman–Crippen LogP) is 3.34. The van der Waals surface area contributed by atoms with Crippen LogP contribution in [-0.4, -0.2) is 17.3 Å². The highest BCUT2D eigenvalue weighted by Gasteiger charge is 2.16. The Hall–Kier alpha value is -0.520. The van der Waals surface area contributed by atoms with Gasteiger partial charge in [0.15, 0.2) is 0 Å². The molecule has 0 bridgehead atoms. The van der Waals surface area contributed by atoms with Crippen LogP contribution in [0.5, 0.6) is 0 Å². The summed E-state index contributed by atoms with van der Waals surface area (Å²) in [6, 6.07) is 5.87. The molecule has 0 aliphatic rings. The average Bonchev–Trinajstić information content (AvgIpc) is 2.24. The molecule has 0 heterocycles. The van der Waals surface area contributed by atoms with Crippen molar-refractivity contribution in [1.29, 1.82) is 0 Å². The molecule has 1 aromatic rings. The smallest absolute Gasteiger partial charge is 0.316 e. The van der Waals surface area contributed by atoms with Crippen LogP contribution in [0.3, 0.4) is 0 Å². The van der Waals surface area contributed by atoms with Gasteiger partial charge in [0, 0.05) is 15.9 Å². The van der Waals surface area contributed by atoms with Crippen molar-refractivity contribution in [1.82, 2.24) is 0 Å². The highest BCUT2D eigenvalue weighted by atomic mass is 79.9. The van der Waals surface area contributed by atoms with Gasteiger partial charge in [-0.2, -0.15) is 0 Å². The number of esters is 1. The van der Waals surface area contributed by atoms with Crippen LogP contribution in [0.2, 0.25) is 0 Å². The first kappa shape index (κ1) is 15.5. The van der Waals surface area contributed by atoms with Crippen LogP contribution >= 0.6 is 27.7 Å². The molecule has 0 atom stereocenters. The quantitative estimate of drug-likeness (QED) is 0.679. The van der Waals surface area contributed by atoms with E-state index >= 15 is 0 Å². The van der Waals surface area contributed by atoms with Gasteiger partial charge in [-0.3, -0.25) is 4.79 Å². The van der Waals surface area contributed by atoms with Crippen LogP contribution in [0.1, 0.15) is 26.3 Å². The molecule has 0 aromatic heterocycles. The molecule has 0 amide bonds. The second-order valence-electron chi connectivity index (χ2n) is 4.83. The summed E-state index contributed by atoms with van der Waals surface area (Å²) in [4.78, 5) is 12.6. The third-order valence-electron chi connectivity index (χ3n) is 2.01. The minimum absolute atomic E-state index is 0.213. The van der Waals surface area contributed by atoms with E-state index in [0.717, 1.165) is 14.9 Å². The van der Waals surface area contributed by atoms with Crippen molar-refractivity contribution in [3.63, 3.8) is 0 Å². The number of carbonyl (C=O) groups is 1. The molecule has 0 fully saturated rings. The summed E-state index contributed by atoms with van der Waals surface area (Å²) in [6.45, 7) is 6.05. The van der Waals surface area contributed by atoms with Crippen LogP contribution in [0.4, 0.5) is 0 Å². The monoisotopic (exact) mass is 331 g/mol. The topological polar surface area (TPSA) is 52.3 Å². The standard InChI is InChI=1S/C13H18BrNO2S/c1-13(2,3)17-12(16)8-18-11-6-10(14)5-4-9(11)7-15/h4-6H,7-8,15H2,1-3H3. The minimum atomic E-state index is -0.439. The maximum absolute atomic E-state index is 11.6. The molecule has 0 radical (unpaired) electrons. The Balaban J connectivity index is 2.63. The zero-order valence-electron chi connectivity index (χ0n) is 10.8. The number of benzene rings is 1. The largest absolute Gasteiger partial charge is 0.459 e. The van der Waals surface area contributed by atoms with Crippen LogP contribution in [0.15, 0.2) is 27.6 Å². The maximum atomic E-state index is 11.6. The Morgan fingerprint density at radius 3 is 2.67 bits per heavy atom. The molecular formula is C13H18BrNO2S. The average molecular weight is 332 g/mol. The van der Waals surface area contributed by atoms with E-state index in [9.17, 15) is 4.79 Å². The van der Waals surface area contributed by atoms with Crippen molar-refractivity contribution in [2.45, 2.75) is 37.8 Å². The van der Waals surface area contributed by atoms with Crippen molar-refractivity contribution < 1.29 is 9.53 Å². The fourth-order valence-electron chi connectivity index (χ4n) is 1.34. The third-order valence-corrected chi connectivity index (χ3v) is 3.58. The van der Waals surface area contributed by atoms with E-state index < -0.39 is 5.60 Å². The van der Waals surface area contributed by atoms with Crippen molar-refractivity contribution in [3.05, 3.63) is 28.2 Å². The molecule has 18 heavy (non-hydrogen) atoms. The third kappa shape index (κ3) is 5.42. The summed E-state index contributed by atoms with van der Waals surface area (Å²) in [5.41, 5.74) is 6.26. The number of ether oxygens (including phenoxy) is 1. The highest BCUT2D eigenvalue weighted by molar-refractivity contribution is 9.10. The maximum Gasteiger partial charge on any atom is 0.316 e.